The molecule has 3 rings (SSSR count). The van der Waals surface area contributed by atoms with Crippen LogP contribution < -0.4 is 16.0 Å². The van der Waals surface area contributed by atoms with E-state index in [1.54, 1.807) is 6.92 Å². The molecule has 1 aliphatic rings. The standard InChI is InChI=1S/C25H36N6O3/c1-17(2)22-25(34)26-12-8-14-31(13-7-11-21(32)28-18(3)24(33)29-22)16-20-15-27-30-23(20)19-9-5-4-6-10-19/h4-6,9-10,15,17-18,22H,7-8,11-14,16H2,1-3H3,(H,26,34)(H,27,30)(H,28,32)(H,29,33)/t18-,22-/m1/s1. The molecule has 1 aromatic carbocycles. The summed E-state index contributed by atoms with van der Waals surface area (Å²) in [5, 5.41) is 15.8. The van der Waals surface area contributed by atoms with Crippen LogP contribution in [0.2, 0.25) is 0 Å². The SMILES string of the molecule is CC(C)[C@H]1NC(=O)[C@@H](C)NC(=O)CCCN(Cc2cn[nH]c2-c2ccccc2)CCCNC1=O. The second-order valence-corrected chi connectivity index (χ2v) is 9.18. The average molecular weight is 469 g/mol. The molecule has 0 unspecified atom stereocenters. The Kier molecular flexibility index (Phi) is 9.21. The molecule has 184 valence electrons. The number of rotatable bonds is 4. The maximum absolute atomic E-state index is 12.7. The van der Waals surface area contributed by atoms with Gasteiger partial charge < -0.3 is 16.0 Å². The first-order valence-corrected chi connectivity index (χ1v) is 12.0. The molecule has 9 heteroatoms. The van der Waals surface area contributed by atoms with Crippen LogP contribution >= 0.6 is 0 Å². The van der Waals surface area contributed by atoms with Crippen molar-refractivity contribution in [3.05, 3.63) is 42.1 Å². The highest BCUT2D eigenvalue weighted by Gasteiger charge is 2.27. The lowest BCUT2D eigenvalue weighted by atomic mass is 10.0. The van der Waals surface area contributed by atoms with Gasteiger partial charge in [-0.05, 0) is 37.8 Å². The summed E-state index contributed by atoms with van der Waals surface area (Å²) in [5.74, 6) is -0.801. The van der Waals surface area contributed by atoms with E-state index in [2.05, 4.69) is 31.0 Å². The number of carbonyl (C=O) groups excluding carboxylic acids is 3. The Bertz CT molecular complexity index is 959. The Morgan fingerprint density at radius 3 is 2.50 bits per heavy atom. The van der Waals surface area contributed by atoms with Gasteiger partial charge in [-0.2, -0.15) is 5.10 Å². The number of hydrogen-bond acceptors (Lipinski definition) is 5. The molecule has 2 aromatic rings. The van der Waals surface area contributed by atoms with E-state index in [9.17, 15) is 14.4 Å². The van der Waals surface area contributed by atoms with Crippen molar-refractivity contribution in [3.63, 3.8) is 0 Å². The third-order valence-corrected chi connectivity index (χ3v) is 6.02. The Balaban J connectivity index is 1.71. The van der Waals surface area contributed by atoms with Gasteiger partial charge in [-0.1, -0.05) is 44.2 Å². The first-order chi connectivity index (χ1) is 16.3. The topological polar surface area (TPSA) is 119 Å². The zero-order chi connectivity index (χ0) is 24.5. The van der Waals surface area contributed by atoms with Gasteiger partial charge in [0.2, 0.25) is 17.7 Å². The monoisotopic (exact) mass is 468 g/mol. The van der Waals surface area contributed by atoms with Gasteiger partial charge in [0.05, 0.1) is 11.9 Å². The van der Waals surface area contributed by atoms with Crippen molar-refractivity contribution in [1.82, 2.24) is 31.0 Å². The van der Waals surface area contributed by atoms with Crippen LogP contribution in [0.5, 0.6) is 0 Å². The van der Waals surface area contributed by atoms with Gasteiger partial charge in [-0.25, -0.2) is 0 Å². The average Bonchev–Trinajstić information content (AvgIpc) is 3.27. The zero-order valence-electron chi connectivity index (χ0n) is 20.3. The van der Waals surface area contributed by atoms with E-state index in [1.807, 2.05) is 50.4 Å². The number of aromatic nitrogens is 2. The molecule has 0 bridgehead atoms. The molecule has 0 radical (unpaired) electrons. The second kappa shape index (κ2) is 12.3. The maximum Gasteiger partial charge on any atom is 0.242 e. The smallest absolute Gasteiger partial charge is 0.242 e. The summed E-state index contributed by atoms with van der Waals surface area (Å²) < 4.78 is 0. The number of nitrogens with one attached hydrogen (secondary N) is 4. The number of benzene rings is 1. The number of H-pyrrole nitrogens is 1. The van der Waals surface area contributed by atoms with Crippen molar-refractivity contribution in [2.24, 2.45) is 5.92 Å². The highest BCUT2D eigenvalue weighted by molar-refractivity contribution is 5.91. The molecule has 2 atom stereocenters. The van der Waals surface area contributed by atoms with E-state index >= 15 is 0 Å². The molecule has 0 saturated carbocycles. The minimum Gasteiger partial charge on any atom is -0.354 e. The second-order valence-electron chi connectivity index (χ2n) is 9.18. The van der Waals surface area contributed by atoms with Crippen molar-refractivity contribution in [2.45, 2.75) is 58.7 Å². The molecule has 1 aromatic heterocycles. The summed E-state index contributed by atoms with van der Waals surface area (Å²) in [4.78, 5) is 39.9. The Morgan fingerprint density at radius 1 is 1.03 bits per heavy atom. The molecule has 34 heavy (non-hydrogen) atoms. The molecule has 9 nitrogen and oxygen atoms in total. The van der Waals surface area contributed by atoms with E-state index < -0.39 is 12.1 Å². The minimum absolute atomic E-state index is 0.0727. The van der Waals surface area contributed by atoms with Gasteiger partial charge in [0.15, 0.2) is 0 Å². The lowest BCUT2D eigenvalue weighted by molar-refractivity contribution is -0.132. The van der Waals surface area contributed by atoms with Gasteiger partial charge in [0.1, 0.15) is 12.1 Å². The van der Waals surface area contributed by atoms with Gasteiger partial charge >= 0.3 is 0 Å². The predicted octanol–water partition coefficient (Wildman–Crippen LogP) is 1.82. The van der Waals surface area contributed by atoms with Gasteiger partial charge in [0.25, 0.3) is 0 Å². The molecular weight excluding hydrogens is 432 g/mol. The van der Waals surface area contributed by atoms with Crippen LogP contribution in [-0.4, -0.2) is 64.5 Å². The van der Waals surface area contributed by atoms with E-state index in [-0.39, 0.29) is 23.6 Å². The molecular formula is C25H36N6O3. The predicted molar refractivity (Wildman–Crippen MR) is 131 cm³/mol. The van der Waals surface area contributed by atoms with Crippen LogP contribution in [0.15, 0.2) is 36.5 Å². The van der Waals surface area contributed by atoms with E-state index in [0.29, 0.717) is 25.9 Å². The largest absolute Gasteiger partial charge is 0.354 e. The molecule has 4 N–H and O–H groups in total. The Hall–Kier alpha value is -3.20. The van der Waals surface area contributed by atoms with Gasteiger partial charge in [-0.15, -0.1) is 0 Å². The highest BCUT2D eigenvalue weighted by atomic mass is 16.2. The lowest BCUT2D eigenvalue weighted by Gasteiger charge is -2.24. The van der Waals surface area contributed by atoms with Crippen molar-refractivity contribution >= 4 is 17.7 Å². The van der Waals surface area contributed by atoms with Crippen LogP contribution in [0.25, 0.3) is 11.3 Å². The molecule has 1 fully saturated rings. The molecule has 1 saturated heterocycles. The fourth-order valence-corrected chi connectivity index (χ4v) is 4.08. The summed E-state index contributed by atoms with van der Waals surface area (Å²) in [6.45, 7) is 8.08. The molecule has 2 heterocycles. The molecule has 0 aliphatic carbocycles. The van der Waals surface area contributed by atoms with Crippen molar-refractivity contribution in [2.75, 3.05) is 19.6 Å². The molecule has 1 aliphatic heterocycles. The number of amides is 3. The van der Waals surface area contributed by atoms with E-state index in [4.69, 9.17) is 0 Å². The van der Waals surface area contributed by atoms with Crippen molar-refractivity contribution in [1.29, 1.82) is 0 Å². The minimum atomic E-state index is -0.706. The fourth-order valence-electron chi connectivity index (χ4n) is 4.08. The number of hydrogen-bond donors (Lipinski definition) is 4. The van der Waals surface area contributed by atoms with Crippen molar-refractivity contribution < 1.29 is 14.4 Å². The Morgan fingerprint density at radius 2 is 1.76 bits per heavy atom. The van der Waals surface area contributed by atoms with Gasteiger partial charge in [0, 0.05) is 31.6 Å². The summed E-state index contributed by atoms with van der Waals surface area (Å²) >= 11 is 0. The fraction of sp³-hybridized carbons (Fsp3) is 0.520. The van der Waals surface area contributed by atoms with Gasteiger partial charge in [-0.3, -0.25) is 24.4 Å². The summed E-state index contributed by atoms with van der Waals surface area (Å²) in [6.07, 6.45) is 3.60. The highest BCUT2D eigenvalue weighted by Crippen LogP contribution is 2.22. The van der Waals surface area contributed by atoms with E-state index in [1.165, 1.54) is 0 Å². The normalized spacial score (nSPS) is 21.8. The van der Waals surface area contributed by atoms with Crippen LogP contribution in [0, 0.1) is 5.92 Å². The van der Waals surface area contributed by atoms with Crippen LogP contribution in [0.4, 0.5) is 0 Å². The van der Waals surface area contributed by atoms with Crippen LogP contribution in [-0.2, 0) is 20.9 Å². The zero-order valence-corrected chi connectivity index (χ0v) is 20.3. The van der Waals surface area contributed by atoms with Crippen molar-refractivity contribution in [3.8, 4) is 11.3 Å². The summed E-state index contributed by atoms with van der Waals surface area (Å²) in [7, 11) is 0. The molecule has 0 spiro atoms. The first kappa shape index (κ1) is 25.4. The van der Waals surface area contributed by atoms with Crippen LogP contribution in [0.1, 0.15) is 45.6 Å². The first-order valence-electron chi connectivity index (χ1n) is 12.0. The third-order valence-electron chi connectivity index (χ3n) is 6.02. The Labute approximate surface area is 201 Å². The molecule has 3 amide bonds. The maximum atomic E-state index is 12.7. The lowest BCUT2D eigenvalue weighted by Crippen LogP contribution is -2.54. The third kappa shape index (κ3) is 7.15. The van der Waals surface area contributed by atoms with Crippen LogP contribution in [0.3, 0.4) is 0 Å². The number of carbonyl (C=O) groups is 3. The number of aromatic amines is 1. The summed E-state index contributed by atoms with van der Waals surface area (Å²) in [5.41, 5.74) is 3.15. The number of nitrogens with zero attached hydrogens (tertiary/aromatic N) is 2. The van der Waals surface area contributed by atoms with E-state index in [0.717, 1.165) is 36.3 Å². The summed E-state index contributed by atoms with van der Waals surface area (Å²) in [6, 6.07) is 8.72. The quantitative estimate of drug-likeness (QED) is 0.546.